The average molecular weight is 282 g/mol. The Morgan fingerprint density at radius 3 is 2.05 bits per heavy atom. The van der Waals surface area contributed by atoms with Crippen LogP contribution in [0.5, 0.6) is 0 Å². The van der Waals surface area contributed by atoms with Crippen LogP contribution in [0, 0.1) is 23.2 Å². The quantitative estimate of drug-likeness (QED) is 0.720. The molecule has 0 aromatic heterocycles. The molecule has 2 nitrogen and oxygen atoms in total. The summed E-state index contributed by atoms with van der Waals surface area (Å²) in [5.41, 5.74) is -1.75. The number of hydrogen-bond acceptors (Lipinski definition) is 2. The van der Waals surface area contributed by atoms with E-state index < -0.39 is 11.6 Å². The van der Waals surface area contributed by atoms with Crippen LogP contribution in [0.15, 0.2) is 0 Å². The Labute approximate surface area is 121 Å². The van der Waals surface area contributed by atoms with Crippen molar-refractivity contribution in [3.05, 3.63) is 0 Å². The highest BCUT2D eigenvalue weighted by atomic mass is 19.1. The highest BCUT2D eigenvalue weighted by Gasteiger charge is 2.54. The fourth-order valence-electron chi connectivity index (χ4n) is 5.62. The molecule has 20 heavy (non-hydrogen) atoms. The Morgan fingerprint density at radius 2 is 1.65 bits per heavy atom. The van der Waals surface area contributed by atoms with Crippen LogP contribution in [0.4, 0.5) is 4.39 Å². The van der Waals surface area contributed by atoms with Gasteiger partial charge in [-0.05, 0) is 88.9 Å². The number of hydrogen-bond donors (Lipinski definition) is 0. The Hall–Kier alpha value is -0.600. The minimum Gasteiger partial charge on any atom is -0.461 e. The van der Waals surface area contributed by atoms with Crippen LogP contribution >= 0.6 is 0 Å². The number of ether oxygens (including phenoxy) is 1. The van der Waals surface area contributed by atoms with E-state index in [4.69, 9.17) is 4.74 Å². The molecule has 0 radical (unpaired) electrons. The molecule has 0 saturated heterocycles. The van der Waals surface area contributed by atoms with Gasteiger partial charge in [-0.1, -0.05) is 0 Å². The molecule has 0 spiro atoms. The van der Waals surface area contributed by atoms with Gasteiger partial charge >= 0.3 is 5.97 Å². The van der Waals surface area contributed by atoms with Crippen LogP contribution in [0.3, 0.4) is 0 Å². The molecule has 0 aromatic carbocycles. The van der Waals surface area contributed by atoms with Crippen molar-refractivity contribution in [1.29, 1.82) is 0 Å². The van der Waals surface area contributed by atoms with Gasteiger partial charge in [0.15, 0.2) is 0 Å². The molecule has 0 amide bonds. The highest BCUT2D eigenvalue weighted by Crippen LogP contribution is 2.62. The van der Waals surface area contributed by atoms with Gasteiger partial charge in [-0.2, -0.15) is 0 Å². The first-order chi connectivity index (χ1) is 9.28. The Bertz CT molecular complexity index is 365. The number of carbonyl (C=O) groups is 1. The van der Waals surface area contributed by atoms with Gasteiger partial charge in [0, 0.05) is 0 Å². The van der Waals surface area contributed by atoms with E-state index in [0.29, 0.717) is 6.42 Å². The third-order valence-corrected chi connectivity index (χ3v) is 5.64. The Morgan fingerprint density at radius 1 is 1.20 bits per heavy atom. The molecule has 4 aliphatic rings. The van der Waals surface area contributed by atoms with Gasteiger partial charge in [-0.3, -0.25) is 0 Å². The van der Waals surface area contributed by atoms with E-state index in [1.54, 1.807) is 13.8 Å². The van der Waals surface area contributed by atoms with Crippen molar-refractivity contribution in [2.24, 2.45) is 23.2 Å². The summed E-state index contributed by atoms with van der Waals surface area (Å²) >= 11 is 0. The van der Waals surface area contributed by atoms with E-state index in [9.17, 15) is 9.18 Å². The SMILES string of the molecule is CC(C)OC(=O)C(C)(F)CC12CC3CC(CC(C3)C1)C2. The lowest BCUT2D eigenvalue weighted by Gasteiger charge is -2.57. The first-order valence-electron chi connectivity index (χ1n) is 8.18. The summed E-state index contributed by atoms with van der Waals surface area (Å²) in [6.07, 6.45) is 7.56. The lowest BCUT2D eigenvalue weighted by molar-refractivity contribution is -0.167. The van der Waals surface area contributed by atoms with Gasteiger partial charge in [0.2, 0.25) is 5.67 Å². The fraction of sp³-hybridized carbons (Fsp3) is 0.941. The third kappa shape index (κ3) is 2.60. The maximum Gasteiger partial charge on any atom is 0.343 e. The molecule has 1 atom stereocenters. The Kier molecular flexibility index (Phi) is 3.38. The predicted molar refractivity (Wildman–Crippen MR) is 76.0 cm³/mol. The van der Waals surface area contributed by atoms with E-state index in [0.717, 1.165) is 37.0 Å². The Balaban J connectivity index is 1.72. The summed E-state index contributed by atoms with van der Waals surface area (Å²) in [5, 5.41) is 0. The number of halogens is 1. The van der Waals surface area contributed by atoms with Gasteiger partial charge in [0.1, 0.15) is 0 Å². The zero-order valence-electron chi connectivity index (χ0n) is 13.0. The van der Waals surface area contributed by atoms with Crippen molar-refractivity contribution in [3.8, 4) is 0 Å². The molecule has 0 aromatic rings. The standard InChI is InChI=1S/C17H27FO2/c1-11(2)20-15(19)16(3,18)10-17-7-12-4-13(8-17)6-14(5-12)9-17/h11-14H,4-10H2,1-3H3. The van der Waals surface area contributed by atoms with Gasteiger partial charge < -0.3 is 4.74 Å². The van der Waals surface area contributed by atoms with Crippen molar-refractivity contribution < 1.29 is 13.9 Å². The zero-order chi connectivity index (χ0) is 14.5. The molecule has 0 aliphatic heterocycles. The number of carbonyl (C=O) groups excluding carboxylic acids is 1. The smallest absolute Gasteiger partial charge is 0.343 e. The molecule has 114 valence electrons. The third-order valence-electron chi connectivity index (χ3n) is 5.64. The molecular weight excluding hydrogens is 255 g/mol. The van der Waals surface area contributed by atoms with E-state index in [1.807, 2.05) is 0 Å². The monoisotopic (exact) mass is 282 g/mol. The van der Waals surface area contributed by atoms with Crippen molar-refractivity contribution in [3.63, 3.8) is 0 Å². The van der Waals surface area contributed by atoms with Gasteiger partial charge in [-0.25, -0.2) is 9.18 Å². The minimum atomic E-state index is -1.82. The van der Waals surface area contributed by atoms with E-state index >= 15 is 0 Å². The summed E-state index contributed by atoms with van der Waals surface area (Å²) in [6, 6.07) is 0. The first-order valence-corrected chi connectivity index (χ1v) is 8.18. The van der Waals surface area contributed by atoms with Gasteiger partial charge in [0.25, 0.3) is 0 Å². The van der Waals surface area contributed by atoms with Crippen LogP contribution in [0.1, 0.15) is 65.7 Å². The second kappa shape index (κ2) is 4.71. The predicted octanol–water partition coefficient (Wildman–Crippen LogP) is 4.27. The molecule has 0 N–H and O–H groups in total. The minimum absolute atomic E-state index is 0.0776. The lowest BCUT2D eigenvalue weighted by Crippen LogP contribution is -2.50. The lowest BCUT2D eigenvalue weighted by atomic mass is 9.48. The second-order valence-corrected chi connectivity index (χ2v) is 8.25. The molecule has 4 rings (SSSR count). The van der Waals surface area contributed by atoms with Crippen LogP contribution < -0.4 is 0 Å². The van der Waals surface area contributed by atoms with E-state index in [2.05, 4.69) is 0 Å². The van der Waals surface area contributed by atoms with Crippen molar-refractivity contribution in [2.75, 3.05) is 0 Å². The molecular formula is C17H27FO2. The fourth-order valence-corrected chi connectivity index (χ4v) is 5.62. The topological polar surface area (TPSA) is 26.3 Å². The maximum atomic E-state index is 14.9. The number of esters is 1. The summed E-state index contributed by atoms with van der Waals surface area (Å²) in [5.74, 6) is 1.71. The second-order valence-electron chi connectivity index (χ2n) is 8.25. The van der Waals surface area contributed by atoms with Crippen molar-refractivity contribution >= 4 is 5.97 Å². The van der Waals surface area contributed by atoms with E-state index in [-0.39, 0.29) is 11.5 Å². The van der Waals surface area contributed by atoms with Crippen molar-refractivity contribution in [2.45, 2.75) is 77.5 Å². The summed E-state index contributed by atoms with van der Waals surface area (Å²) in [7, 11) is 0. The largest absolute Gasteiger partial charge is 0.461 e. The maximum absolute atomic E-state index is 14.9. The number of rotatable bonds is 4. The highest BCUT2D eigenvalue weighted by molar-refractivity contribution is 5.79. The van der Waals surface area contributed by atoms with E-state index in [1.165, 1.54) is 26.2 Å². The van der Waals surface area contributed by atoms with Crippen molar-refractivity contribution in [1.82, 2.24) is 0 Å². The molecule has 4 saturated carbocycles. The normalized spacial score (nSPS) is 41.8. The molecule has 0 heterocycles. The zero-order valence-corrected chi connectivity index (χ0v) is 13.0. The molecule has 4 bridgehead atoms. The van der Waals surface area contributed by atoms with Gasteiger partial charge in [-0.15, -0.1) is 0 Å². The molecule has 1 unspecified atom stereocenters. The first kappa shape index (κ1) is 14.3. The van der Waals surface area contributed by atoms with Crippen LogP contribution in [0.25, 0.3) is 0 Å². The van der Waals surface area contributed by atoms with Crippen LogP contribution in [-0.4, -0.2) is 17.7 Å². The number of alkyl halides is 1. The van der Waals surface area contributed by atoms with Crippen LogP contribution in [-0.2, 0) is 9.53 Å². The molecule has 4 fully saturated rings. The molecule has 4 aliphatic carbocycles. The summed E-state index contributed by atoms with van der Waals surface area (Å²) in [6.45, 7) is 4.98. The summed E-state index contributed by atoms with van der Waals surface area (Å²) < 4.78 is 20.0. The van der Waals surface area contributed by atoms with Gasteiger partial charge in [0.05, 0.1) is 6.10 Å². The average Bonchev–Trinajstić information content (AvgIpc) is 2.23. The molecule has 3 heteroatoms. The summed E-state index contributed by atoms with van der Waals surface area (Å²) in [4.78, 5) is 12.0. The van der Waals surface area contributed by atoms with Crippen LogP contribution in [0.2, 0.25) is 0 Å².